The van der Waals surface area contributed by atoms with Crippen LogP contribution in [-0.2, 0) is 32.0 Å². The van der Waals surface area contributed by atoms with E-state index in [4.69, 9.17) is 4.74 Å². The number of rotatable bonds is 10. The Bertz CT molecular complexity index is 1270. The van der Waals surface area contributed by atoms with E-state index in [0.29, 0.717) is 12.8 Å². The van der Waals surface area contributed by atoms with Crippen LogP contribution in [0, 0.1) is 11.8 Å². The van der Waals surface area contributed by atoms with Crippen molar-refractivity contribution in [3.05, 3.63) is 71.4 Å². The molecule has 0 saturated heterocycles. The standard InChI is InChI=1S/C29H35N3O5/c1-17(2)12-19(15-26(34)37-3)28(35)31-24(13-20-16-30-23-11-7-6-9-21(20)23)29(36)32-27-22-10-5-4-8-18(22)14-25(27)33/h4-11,16-17,19,24-25,27,30,33H,12-15H2,1-3H3,(H,31,35)(H,32,36)/t19-,24+,25+,27-/m1/s1. The van der Waals surface area contributed by atoms with Crippen LogP contribution in [0.15, 0.2) is 54.7 Å². The molecule has 4 rings (SSSR count). The number of fused-ring (bicyclic) bond motifs is 2. The Morgan fingerprint density at radius 3 is 2.57 bits per heavy atom. The van der Waals surface area contributed by atoms with Crippen molar-refractivity contribution in [2.75, 3.05) is 7.11 Å². The van der Waals surface area contributed by atoms with E-state index >= 15 is 0 Å². The van der Waals surface area contributed by atoms with Gasteiger partial charge in [-0.25, -0.2) is 0 Å². The zero-order valence-electron chi connectivity index (χ0n) is 21.5. The second kappa shape index (κ2) is 11.6. The topological polar surface area (TPSA) is 121 Å². The normalized spacial score (nSPS) is 18.3. The third kappa shape index (κ3) is 6.20. The molecule has 3 aromatic rings. The van der Waals surface area contributed by atoms with Crippen molar-refractivity contribution in [1.29, 1.82) is 0 Å². The number of ether oxygens (including phenoxy) is 1. The van der Waals surface area contributed by atoms with Crippen LogP contribution in [0.1, 0.15) is 49.4 Å². The minimum Gasteiger partial charge on any atom is -0.469 e. The Morgan fingerprint density at radius 1 is 1.08 bits per heavy atom. The smallest absolute Gasteiger partial charge is 0.306 e. The number of aromatic nitrogens is 1. The minimum absolute atomic E-state index is 0.0589. The predicted octanol–water partition coefficient (Wildman–Crippen LogP) is 3.20. The van der Waals surface area contributed by atoms with Crippen molar-refractivity contribution in [2.24, 2.45) is 11.8 Å². The van der Waals surface area contributed by atoms with Crippen LogP contribution in [0.2, 0.25) is 0 Å². The van der Waals surface area contributed by atoms with E-state index in [2.05, 4.69) is 15.6 Å². The van der Waals surface area contributed by atoms with Gasteiger partial charge >= 0.3 is 5.97 Å². The molecular formula is C29H35N3O5. The van der Waals surface area contributed by atoms with Crippen LogP contribution in [0.5, 0.6) is 0 Å². The number of carbonyl (C=O) groups excluding carboxylic acids is 3. The summed E-state index contributed by atoms with van der Waals surface area (Å²) >= 11 is 0. The Hall–Kier alpha value is -3.65. The van der Waals surface area contributed by atoms with Gasteiger partial charge in [-0.15, -0.1) is 0 Å². The maximum Gasteiger partial charge on any atom is 0.306 e. The fourth-order valence-corrected chi connectivity index (χ4v) is 5.16. The summed E-state index contributed by atoms with van der Waals surface area (Å²) in [7, 11) is 1.30. The number of nitrogens with one attached hydrogen (secondary N) is 3. The summed E-state index contributed by atoms with van der Waals surface area (Å²) in [4.78, 5) is 42.2. The van der Waals surface area contributed by atoms with Gasteiger partial charge in [-0.2, -0.15) is 0 Å². The molecule has 1 heterocycles. The molecule has 0 aliphatic heterocycles. The quantitative estimate of drug-likeness (QED) is 0.316. The predicted molar refractivity (Wildman–Crippen MR) is 141 cm³/mol. The summed E-state index contributed by atoms with van der Waals surface area (Å²) in [6.07, 6.45) is 2.22. The first-order valence-corrected chi connectivity index (χ1v) is 12.7. The van der Waals surface area contributed by atoms with Gasteiger partial charge in [-0.3, -0.25) is 14.4 Å². The zero-order chi connectivity index (χ0) is 26.5. The van der Waals surface area contributed by atoms with Crippen molar-refractivity contribution in [3.8, 4) is 0 Å². The number of para-hydroxylation sites is 1. The average molecular weight is 506 g/mol. The van der Waals surface area contributed by atoms with Crippen molar-refractivity contribution < 1.29 is 24.2 Å². The van der Waals surface area contributed by atoms with Crippen molar-refractivity contribution in [2.45, 2.75) is 57.7 Å². The zero-order valence-corrected chi connectivity index (χ0v) is 21.5. The molecule has 1 aliphatic rings. The van der Waals surface area contributed by atoms with E-state index in [9.17, 15) is 19.5 Å². The lowest BCUT2D eigenvalue weighted by atomic mass is 9.92. The van der Waals surface area contributed by atoms with Crippen molar-refractivity contribution in [1.82, 2.24) is 15.6 Å². The number of methoxy groups -OCH3 is 1. The van der Waals surface area contributed by atoms with E-state index in [1.54, 1.807) is 0 Å². The summed E-state index contributed by atoms with van der Waals surface area (Å²) in [5, 5.41) is 17.5. The largest absolute Gasteiger partial charge is 0.469 e. The van der Waals surface area contributed by atoms with Gasteiger partial charge in [0.25, 0.3) is 0 Å². The Morgan fingerprint density at radius 2 is 1.81 bits per heavy atom. The lowest BCUT2D eigenvalue weighted by molar-refractivity contribution is -0.144. The van der Waals surface area contributed by atoms with Gasteiger partial charge in [0, 0.05) is 35.9 Å². The Balaban J connectivity index is 1.59. The second-order valence-electron chi connectivity index (χ2n) is 10.2. The number of aliphatic hydroxyl groups is 1. The molecular weight excluding hydrogens is 470 g/mol. The summed E-state index contributed by atoms with van der Waals surface area (Å²) in [5.41, 5.74) is 3.69. The van der Waals surface area contributed by atoms with Crippen molar-refractivity contribution in [3.63, 3.8) is 0 Å². The number of H-pyrrole nitrogens is 1. The Kier molecular flexibility index (Phi) is 8.28. The molecule has 196 valence electrons. The van der Waals surface area contributed by atoms with Gasteiger partial charge in [0.05, 0.1) is 25.7 Å². The van der Waals surface area contributed by atoms with Gasteiger partial charge in [-0.1, -0.05) is 56.3 Å². The van der Waals surface area contributed by atoms with E-state index in [0.717, 1.165) is 27.6 Å². The fraction of sp³-hybridized carbons (Fsp3) is 0.414. The molecule has 0 saturated carbocycles. The van der Waals surface area contributed by atoms with Gasteiger partial charge in [0.1, 0.15) is 6.04 Å². The molecule has 0 spiro atoms. The molecule has 37 heavy (non-hydrogen) atoms. The first kappa shape index (κ1) is 26.4. The molecule has 4 N–H and O–H groups in total. The number of hydrogen-bond acceptors (Lipinski definition) is 5. The molecule has 2 aromatic carbocycles. The molecule has 0 radical (unpaired) electrons. The fourth-order valence-electron chi connectivity index (χ4n) is 5.16. The highest BCUT2D eigenvalue weighted by Gasteiger charge is 2.35. The van der Waals surface area contributed by atoms with E-state index < -0.39 is 30.1 Å². The van der Waals surface area contributed by atoms with Crippen LogP contribution in [0.3, 0.4) is 0 Å². The number of benzene rings is 2. The van der Waals surface area contributed by atoms with E-state index in [-0.39, 0.29) is 30.6 Å². The monoisotopic (exact) mass is 505 g/mol. The van der Waals surface area contributed by atoms with Gasteiger partial charge in [0.2, 0.25) is 11.8 Å². The molecule has 0 unspecified atom stereocenters. The number of carbonyl (C=O) groups is 3. The summed E-state index contributed by atoms with van der Waals surface area (Å²) in [5.74, 6) is -1.67. The van der Waals surface area contributed by atoms with Gasteiger partial charge in [-0.05, 0) is 35.1 Å². The molecule has 0 bridgehead atoms. The van der Waals surface area contributed by atoms with Crippen LogP contribution in [0.4, 0.5) is 0 Å². The number of esters is 1. The number of aromatic amines is 1. The number of amides is 2. The average Bonchev–Trinajstić information content (AvgIpc) is 3.43. The lowest BCUT2D eigenvalue weighted by Gasteiger charge is -2.25. The lowest BCUT2D eigenvalue weighted by Crippen LogP contribution is -2.51. The van der Waals surface area contributed by atoms with E-state index in [1.165, 1.54) is 7.11 Å². The van der Waals surface area contributed by atoms with Crippen LogP contribution < -0.4 is 10.6 Å². The SMILES string of the molecule is COC(=O)C[C@@H](CC(C)C)C(=O)N[C@@H](Cc1c[nH]c2ccccc12)C(=O)N[C@@H]1c2ccccc2C[C@@H]1O. The highest BCUT2D eigenvalue weighted by Crippen LogP contribution is 2.31. The molecule has 8 heteroatoms. The minimum atomic E-state index is -0.904. The van der Waals surface area contributed by atoms with Gasteiger partial charge in [0.15, 0.2) is 0 Å². The van der Waals surface area contributed by atoms with Crippen LogP contribution >= 0.6 is 0 Å². The molecule has 2 amide bonds. The summed E-state index contributed by atoms with van der Waals surface area (Å²) in [6, 6.07) is 13.9. The molecule has 1 aromatic heterocycles. The van der Waals surface area contributed by atoms with Crippen molar-refractivity contribution >= 4 is 28.7 Å². The molecule has 0 fully saturated rings. The highest BCUT2D eigenvalue weighted by molar-refractivity contribution is 5.91. The highest BCUT2D eigenvalue weighted by atomic mass is 16.5. The van der Waals surface area contributed by atoms with Gasteiger partial charge < -0.3 is 25.5 Å². The third-order valence-electron chi connectivity index (χ3n) is 7.00. The molecule has 1 aliphatic carbocycles. The number of hydrogen-bond donors (Lipinski definition) is 4. The van der Waals surface area contributed by atoms with E-state index in [1.807, 2.05) is 68.6 Å². The Labute approximate surface area is 216 Å². The van der Waals surface area contributed by atoms with Crippen LogP contribution in [0.25, 0.3) is 10.9 Å². The maximum atomic E-state index is 13.6. The second-order valence-corrected chi connectivity index (χ2v) is 10.2. The summed E-state index contributed by atoms with van der Waals surface area (Å²) < 4.78 is 4.80. The maximum absolute atomic E-state index is 13.6. The first-order chi connectivity index (χ1) is 17.8. The van der Waals surface area contributed by atoms with Crippen LogP contribution in [-0.4, -0.2) is 47.1 Å². The third-order valence-corrected chi connectivity index (χ3v) is 7.00. The summed E-state index contributed by atoms with van der Waals surface area (Å²) in [6.45, 7) is 3.96. The number of aliphatic hydroxyl groups excluding tert-OH is 1. The first-order valence-electron chi connectivity index (χ1n) is 12.7. The molecule has 8 nitrogen and oxygen atoms in total. The molecule has 4 atom stereocenters.